The Morgan fingerprint density at radius 2 is 1.83 bits per heavy atom. The average molecular weight is 610 g/mol. The zero-order valence-corrected chi connectivity index (χ0v) is 24.4. The second kappa shape index (κ2) is 14.6. The van der Waals surface area contributed by atoms with Crippen LogP contribution in [0.25, 0.3) is 0 Å². The van der Waals surface area contributed by atoms with Crippen LogP contribution in [0.1, 0.15) is 50.3 Å². The molecule has 3 rings (SSSR count). The van der Waals surface area contributed by atoms with Crippen molar-refractivity contribution in [2.45, 2.75) is 63.2 Å². The Balaban J connectivity index is 1.77. The van der Waals surface area contributed by atoms with Crippen LogP contribution in [0.15, 0.2) is 54.6 Å². The predicted molar refractivity (Wildman–Crippen MR) is 152 cm³/mol. The van der Waals surface area contributed by atoms with Gasteiger partial charge in [-0.3, -0.25) is 14.1 Å². The molecule has 1 fully saturated rings. The van der Waals surface area contributed by atoms with E-state index in [9.17, 15) is 32.5 Å². The van der Waals surface area contributed by atoms with Gasteiger partial charge in [-0.15, -0.1) is 0 Å². The van der Waals surface area contributed by atoms with E-state index in [0.717, 1.165) is 11.1 Å². The standard InChI is InChI=1S/C28H36ClN3O8S/c1-17(2)13-22(26(34)31-23(27(35)41(37,38)39)16-20-11-12-30-25(20)33)32-28(36)40-24(19-8-4-3-5-9-19)15-18-7-6-10-21(29)14-18/h3-10,14,17,20,22-24,27,35H,11-13,15-16H2,1-2H3,(H,30,33)(H,31,34)(H,32,36)(H,37,38,39). The number of benzene rings is 2. The number of hydrogen-bond acceptors (Lipinski definition) is 7. The SMILES string of the molecule is CC(C)CC(NC(=O)OC(Cc1cccc(Cl)c1)c1ccccc1)C(=O)NC(CC1CCNC1=O)C(O)S(=O)(=O)O. The molecule has 0 bridgehead atoms. The van der Waals surface area contributed by atoms with Crippen molar-refractivity contribution in [1.82, 2.24) is 16.0 Å². The van der Waals surface area contributed by atoms with E-state index in [4.69, 9.17) is 16.3 Å². The molecule has 2 aromatic rings. The largest absolute Gasteiger partial charge is 0.441 e. The summed E-state index contributed by atoms with van der Waals surface area (Å²) in [5, 5.41) is 18.4. The van der Waals surface area contributed by atoms with Gasteiger partial charge >= 0.3 is 6.09 Å². The lowest BCUT2D eigenvalue weighted by Crippen LogP contribution is -2.55. The van der Waals surface area contributed by atoms with Gasteiger partial charge in [0.05, 0.1) is 6.04 Å². The maximum atomic E-state index is 13.3. The number of alkyl carbamates (subject to hydrolysis) is 1. The van der Waals surface area contributed by atoms with Crippen LogP contribution >= 0.6 is 11.6 Å². The fourth-order valence-corrected chi connectivity index (χ4v) is 5.50. The molecule has 11 nitrogen and oxygen atoms in total. The second-order valence-electron chi connectivity index (χ2n) is 10.5. The first-order valence-electron chi connectivity index (χ1n) is 13.3. The van der Waals surface area contributed by atoms with Crippen LogP contribution in [-0.2, 0) is 30.9 Å². The second-order valence-corrected chi connectivity index (χ2v) is 12.4. The van der Waals surface area contributed by atoms with Crippen LogP contribution in [0.3, 0.4) is 0 Å². The number of ether oxygens (including phenoxy) is 1. The molecule has 0 spiro atoms. The molecule has 41 heavy (non-hydrogen) atoms. The molecular weight excluding hydrogens is 574 g/mol. The van der Waals surface area contributed by atoms with E-state index in [1.54, 1.807) is 30.3 Å². The van der Waals surface area contributed by atoms with Gasteiger partial charge in [0.25, 0.3) is 10.1 Å². The van der Waals surface area contributed by atoms with Gasteiger partial charge in [0.1, 0.15) is 12.1 Å². The van der Waals surface area contributed by atoms with Crippen LogP contribution in [0.5, 0.6) is 0 Å². The van der Waals surface area contributed by atoms with Crippen LogP contribution in [0, 0.1) is 11.8 Å². The third kappa shape index (κ3) is 9.99. The molecular formula is C28H36ClN3O8S. The Labute approximate surface area is 244 Å². The Kier molecular flexibility index (Phi) is 11.5. The average Bonchev–Trinajstić information content (AvgIpc) is 3.30. The summed E-state index contributed by atoms with van der Waals surface area (Å²) in [5.41, 5.74) is -0.820. The molecule has 0 radical (unpaired) electrons. The summed E-state index contributed by atoms with van der Waals surface area (Å²) in [6.45, 7) is 4.02. The first kappa shape index (κ1) is 32.3. The van der Waals surface area contributed by atoms with Crippen molar-refractivity contribution in [2.24, 2.45) is 11.8 Å². The molecule has 1 aliphatic rings. The van der Waals surface area contributed by atoms with E-state index < -0.39 is 51.7 Å². The number of aliphatic hydroxyl groups excluding tert-OH is 1. The molecule has 2 aromatic carbocycles. The number of nitrogens with one attached hydrogen (secondary N) is 3. The number of carbonyl (C=O) groups is 3. The Morgan fingerprint density at radius 3 is 2.41 bits per heavy atom. The molecule has 5 unspecified atom stereocenters. The van der Waals surface area contributed by atoms with Crippen LogP contribution < -0.4 is 16.0 Å². The first-order chi connectivity index (χ1) is 19.3. The molecule has 1 aliphatic heterocycles. The fraction of sp³-hybridized carbons (Fsp3) is 0.464. The van der Waals surface area contributed by atoms with Crippen molar-refractivity contribution in [3.8, 4) is 0 Å². The topological polar surface area (TPSA) is 171 Å². The lowest BCUT2D eigenvalue weighted by molar-refractivity contribution is -0.126. The van der Waals surface area contributed by atoms with E-state index in [1.165, 1.54) is 0 Å². The summed E-state index contributed by atoms with van der Waals surface area (Å²) in [6.07, 6.45) is -0.991. The highest BCUT2D eigenvalue weighted by Gasteiger charge is 2.38. The van der Waals surface area contributed by atoms with Crippen molar-refractivity contribution in [2.75, 3.05) is 6.54 Å². The lowest BCUT2D eigenvalue weighted by atomic mass is 9.97. The number of halogens is 1. The Bertz CT molecular complexity index is 1310. The summed E-state index contributed by atoms with van der Waals surface area (Å²) >= 11 is 6.13. The fourth-order valence-electron chi connectivity index (χ4n) is 4.70. The minimum absolute atomic E-state index is 0.0759. The van der Waals surface area contributed by atoms with Gasteiger partial charge in [0.15, 0.2) is 0 Å². The quantitative estimate of drug-likeness (QED) is 0.216. The molecule has 224 valence electrons. The molecule has 1 heterocycles. The Hall–Kier alpha value is -3.19. The molecule has 0 aliphatic carbocycles. The zero-order chi connectivity index (χ0) is 30.2. The van der Waals surface area contributed by atoms with Gasteiger partial charge in [0.2, 0.25) is 17.3 Å². The van der Waals surface area contributed by atoms with E-state index in [1.807, 2.05) is 38.1 Å². The summed E-state index contributed by atoms with van der Waals surface area (Å²) in [4.78, 5) is 38.5. The van der Waals surface area contributed by atoms with E-state index >= 15 is 0 Å². The van der Waals surface area contributed by atoms with Gasteiger partial charge in [-0.1, -0.05) is 67.9 Å². The van der Waals surface area contributed by atoms with Gasteiger partial charge in [-0.2, -0.15) is 8.42 Å². The lowest BCUT2D eigenvalue weighted by Gasteiger charge is -2.28. The maximum absolute atomic E-state index is 13.3. The highest BCUT2D eigenvalue weighted by molar-refractivity contribution is 7.86. The number of amides is 3. The molecule has 1 saturated heterocycles. The molecule has 0 aromatic heterocycles. The number of aliphatic hydroxyl groups is 1. The van der Waals surface area contributed by atoms with Gasteiger partial charge in [-0.05, 0) is 48.4 Å². The van der Waals surface area contributed by atoms with E-state index in [2.05, 4.69) is 16.0 Å². The molecule has 13 heteroatoms. The van der Waals surface area contributed by atoms with Crippen LogP contribution in [0.4, 0.5) is 4.79 Å². The van der Waals surface area contributed by atoms with Crippen molar-refractivity contribution in [3.63, 3.8) is 0 Å². The summed E-state index contributed by atoms with van der Waals surface area (Å²) in [7, 11) is -4.97. The molecule has 5 N–H and O–H groups in total. The van der Waals surface area contributed by atoms with Crippen molar-refractivity contribution >= 4 is 39.6 Å². The summed E-state index contributed by atoms with van der Waals surface area (Å²) in [6, 6.07) is 13.5. The first-order valence-corrected chi connectivity index (χ1v) is 15.2. The van der Waals surface area contributed by atoms with Crippen LogP contribution in [-0.4, -0.2) is 60.0 Å². The van der Waals surface area contributed by atoms with Gasteiger partial charge in [0, 0.05) is 23.9 Å². The van der Waals surface area contributed by atoms with E-state index in [0.29, 0.717) is 24.4 Å². The van der Waals surface area contributed by atoms with Gasteiger partial charge < -0.3 is 25.8 Å². The van der Waals surface area contributed by atoms with Gasteiger partial charge in [-0.25, -0.2) is 4.79 Å². The third-order valence-corrected chi connectivity index (χ3v) is 7.90. The maximum Gasteiger partial charge on any atom is 0.408 e. The minimum Gasteiger partial charge on any atom is -0.441 e. The smallest absolute Gasteiger partial charge is 0.408 e. The third-order valence-electron chi connectivity index (χ3n) is 6.72. The minimum atomic E-state index is -4.97. The molecule has 0 saturated carbocycles. The number of rotatable bonds is 13. The molecule has 5 atom stereocenters. The van der Waals surface area contributed by atoms with E-state index in [-0.39, 0.29) is 24.7 Å². The van der Waals surface area contributed by atoms with Crippen molar-refractivity contribution in [3.05, 3.63) is 70.7 Å². The predicted octanol–water partition coefficient (Wildman–Crippen LogP) is 2.98. The normalized spacial score (nSPS) is 18.2. The molecule has 3 amide bonds. The highest BCUT2D eigenvalue weighted by Crippen LogP contribution is 2.25. The summed E-state index contributed by atoms with van der Waals surface area (Å²) < 4.78 is 38.7. The van der Waals surface area contributed by atoms with Crippen LogP contribution in [0.2, 0.25) is 5.02 Å². The monoisotopic (exact) mass is 609 g/mol. The number of carbonyl (C=O) groups excluding carboxylic acids is 3. The summed E-state index contributed by atoms with van der Waals surface area (Å²) in [5.74, 6) is -1.89. The number of hydrogen-bond donors (Lipinski definition) is 5. The van der Waals surface area contributed by atoms with Crippen molar-refractivity contribution in [1.29, 1.82) is 0 Å². The zero-order valence-electron chi connectivity index (χ0n) is 22.8. The van der Waals surface area contributed by atoms with Crippen molar-refractivity contribution < 1.29 is 37.2 Å². The highest BCUT2D eigenvalue weighted by atomic mass is 35.5. The Morgan fingerprint density at radius 1 is 1.12 bits per heavy atom.